The third kappa shape index (κ3) is 4.22. The van der Waals surface area contributed by atoms with Crippen LogP contribution in [0.3, 0.4) is 0 Å². The highest BCUT2D eigenvalue weighted by atomic mass is 32.2. The highest BCUT2D eigenvalue weighted by Gasteiger charge is 2.30. The lowest BCUT2D eigenvalue weighted by atomic mass is 9.87. The average Bonchev–Trinajstić information content (AvgIpc) is 2.64. The van der Waals surface area contributed by atoms with Crippen molar-refractivity contribution in [1.29, 1.82) is 0 Å². The van der Waals surface area contributed by atoms with Crippen LogP contribution in [0.25, 0.3) is 0 Å². The lowest BCUT2D eigenvalue weighted by molar-refractivity contribution is -0.117. The van der Waals surface area contributed by atoms with Crippen molar-refractivity contribution >= 4 is 37.5 Å². The van der Waals surface area contributed by atoms with E-state index in [4.69, 9.17) is 5.14 Å². The number of primary sulfonamides is 1. The molecular weight excluding hydrogens is 432 g/mol. The van der Waals surface area contributed by atoms with E-state index in [1.54, 1.807) is 0 Å². The second kappa shape index (κ2) is 7.59. The Morgan fingerprint density at radius 1 is 1.00 bits per heavy atom. The van der Waals surface area contributed by atoms with E-state index in [9.17, 15) is 31.2 Å². The summed E-state index contributed by atoms with van der Waals surface area (Å²) in [6.45, 7) is 1.07. The van der Waals surface area contributed by atoms with E-state index in [2.05, 4.69) is 0 Å². The van der Waals surface area contributed by atoms with Gasteiger partial charge < -0.3 is 0 Å². The summed E-state index contributed by atoms with van der Waals surface area (Å²) < 4.78 is 49.3. The van der Waals surface area contributed by atoms with Gasteiger partial charge in [-0.3, -0.25) is 14.4 Å². The van der Waals surface area contributed by atoms with Gasteiger partial charge in [0.2, 0.25) is 15.9 Å². The number of carbonyl (C=O) groups excluding carboxylic acids is 3. The number of fused-ring (bicyclic) bond motifs is 1. The molecule has 0 heterocycles. The lowest BCUT2D eigenvalue weighted by Gasteiger charge is -2.17. The van der Waals surface area contributed by atoms with Crippen LogP contribution in [0.2, 0.25) is 0 Å². The summed E-state index contributed by atoms with van der Waals surface area (Å²) in [5, 5.41) is 5.14. The molecule has 2 aromatic carbocycles. The molecule has 3 N–H and O–H groups in total. The quantitative estimate of drug-likeness (QED) is 0.681. The number of rotatable bonds is 5. The van der Waals surface area contributed by atoms with E-state index in [0.29, 0.717) is 5.56 Å². The topological polar surface area (TPSA) is 158 Å². The van der Waals surface area contributed by atoms with Crippen molar-refractivity contribution in [3.05, 3.63) is 70.8 Å². The van der Waals surface area contributed by atoms with Gasteiger partial charge in [0, 0.05) is 24.5 Å². The number of hydrogen-bond donors (Lipinski definition) is 2. The molecule has 11 heteroatoms. The molecule has 0 radical (unpaired) electrons. The van der Waals surface area contributed by atoms with E-state index in [1.807, 2.05) is 4.72 Å². The zero-order valence-corrected chi connectivity index (χ0v) is 17.2. The monoisotopic (exact) mass is 448 g/mol. The Balaban J connectivity index is 1.91. The first-order valence-corrected chi connectivity index (χ1v) is 11.5. The van der Waals surface area contributed by atoms with E-state index >= 15 is 0 Å². The normalized spacial score (nSPS) is 14.1. The molecule has 0 spiro atoms. The van der Waals surface area contributed by atoms with Gasteiger partial charge in [-0.1, -0.05) is 24.3 Å². The van der Waals surface area contributed by atoms with Crippen molar-refractivity contribution < 1.29 is 31.2 Å². The molecule has 9 nitrogen and oxygen atoms in total. The molecule has 2 aromatic rings. The molecule has 0 saturated heterocycles. The number of benzene rings is 2. The molecule has 0 aliphatic heterocycles. The van der Waals surface area contributed by atoms with Gasteiger partial charge in [0.25, 0.3) is 10.0 Å². The van der Waals surface area contributed by atoms with Crippen LogP contribution >= 0.6 is 0 Å². The van der Waals surface area contributed by atoms with Gasteiger partial charge in [-0.25, -0.2) is 26.7 Å². The number of carbonyl (C=O) groups is 3. The predicted octanol–water partition coefficient (Wildman–Crippen LogP) is 0.707. The standard InChI is InChI=1S/C19H16N2O7S2/c1-11(22)21-30(27,28)14-7-5-12(6-8-14)9-13-10-16(23)18-15(19(13)24)3-2-4-17(18)29(20,25)26/h2-8,10H,9H2,1H3,(H,21,22)(H2,20,25,26). The van der Waals surface area contributed by atoms with Crippen LogP contribution in [0.1, 0.15) is 33.2 Å². The smallest absolute Gasteiger partial charge is 0.264 e. The first-order chi connectivity index (χ1) is 13.9. The van der Waals surface area contributed by atoms with E-state index in [-0.39, 0.29) is 28.0 Å². The van der Waals surface area contributed by atoms with Gasteiger partial charge in [-0.15, -0.1) is 0 Å². The van der Waals surface area contributed by atoms with Gasteiger partial charge in [-0.2, -0.15) is 0 Å². The number of nitrogens with two attached hydrogens (primary N) is 1. The van der Waals surface area contributed by atoms with Crippen LogP contribution in [0.15, 0.2) is 63.9 Å². The first-order valence-electron chi connectivity index (χ1n) is 8.48. The molecule has 0 aromatic heterocycles. The molecule has 0 fully saturated rings. The fourth-order valence-electron chi connectivity index (χ4n) is 3.07. The van der Waals surface area contributed by atoms with Crippen LogP contribution in [-0.4, -0.2) is 34.3 Å². The van der Waals surface area contributed by atoms with Crippen molar-refractivity contribution in [1.82, 2.24) is 4.72 Å². The van der Waals surface area contributed by atoms with E-state index in [1.165, 1.54) is 36.4 Å². The van der Waals surface area contributed by atoms with Gasteiger partial charge in [0.05, 0.1) is 15.4 Å². The number of nitrogens with one attached hydrogen (secondary N) is 1. The molecular formula is C19H16N2O7S2. The summed E-state index contributed by atoms with van der Waals surface area (Å²) in [7, 11) is -8.19. The van der Waals surface area contributed by atoms with Crippen LogP contribution < -0.4 is 9.86 Å². The van der Waals surface area contributed by atoms with Gasteiger partial charge in [0.15, 0.2) is 11.6 Å². The predicted molar refractivity (Wildman–Crippen MR) is 106 cm³/mol. The van der Waals surface area contributed by atoms with Crippen molar-refractivity contribution in [3.63, 3.8) is 0 Å². The molecule has 0 atom stereocenters. The minimum atomic E-state index is -4.19. The van der Waals surface area contributed by atoms with Crippen molar-refractivity contribution in [2.45, 2.75) is 23.1 Å². The van der Waals surface area contributed by atoms with Gasteiger partial charge in [0.1, 0.15) is 0 Å². The second-order valence-corrected chi connectivity index (χ2v) is 9.78. The summed E-state index contributed by atoms with van der Waals surface area (Å²) in [6, 6.07) is 9.26. The van der Waals surface area contributed by atoms with Crippen molar-refractivity contribution in [2.24, 2.45) is 5.14 Å². The van der Waals surface area contributed by atoms with Crippen molar-refractivity contribution in [3.8, 4) is 0 Å². The van der Waals surface area contributed by atoms with Gasteiger partial charge >= 0.3 is 0 Å². The number of amides is 1. The fourth-order valence-corrected chi connectivity index (χ4v) is 4.82. The summed E-state index contributed by atoms with van der Waals surface area (Å²) in [4.78, 5) is 35.8. The molecule has 0 saturated carbocycles. The Bertz CT molecular complexity index is 1320. The molecule has 0 unspecified atom stereocenters. The van der Waals surface area contributed by atoms with Crippen LogP contribution in [0, 0.1) is 0 Å². The summed E-state index contributed by atoms with van der Waals surface area (Å²) in [6.07, 6.45) is 1.07. The van der Waals surface area contributed by atoms with Crippen LogP contribution in [0.4, 0.5) is 0 Å². The van der Waals surface area contributed by atoms with Crippen LogP contribution in [0.5, 0.6) is 0 Å². The number of sulfonamides is 2. The number of ketones is 2. The second-order valence-electron chi connectivity index (χ2n) is 6.57. The molecule has 156 valence electrons. The third-order valence-electron chi connectivity index (χ3n) is 4.33. The Morgan fingerprint density at radius 2 is 1.63 bits per heavy atom. The number of hydrogen-bond acceptors (Lipinski definition) is 7. The molecule has 3 rings (SSSR count). The van der Waals surface area contributed by atoms with Crippen LogP contribution in [-0.2, 0) is 31.3 Å². The van der Waals surface area contributed by atoms with Crippen molar-refractivity contribution in [2.75, 3.05) is 0 Å². The maximum atomic E-state index is 12.8. The summed E-state index contributed by atoms with van der Waals surface area (Å²) in [5.41, 5.74) is 0.339. The number of allylic oxidation sites excluding steroid dienone is 2. The summed E-state index contributed by atoms with van der Waals surface area (Å²) >= 11 is 0. The Hall–Kier alpha value is -3.15. The summed E-state index contributed by atoms with van der Waals surface area (Å²) in [5.74, 6) is -1.91. The Kier molecular flexibility index (Phi) is 5.46. The average molecular weight is 448 g/mol. The van der Waals surface area contributed by atoms with E-state index in [0.717, 1.165) is 19.1 Å². The SMILES string of the molecule is CC(=O)NS(=O)(=O)c1ccc(CC2=CC(=O)c3c(cccc3S(N)(=O)=O)C2=O)cc1. The minimum absolute atomic E-state index is 0.0179. The molecule has 1 aliphatic rings. The molecule has 1 aliphatic carbocycles. The van der Waals surface area contributed by atoms with E-state index < -0.39 is 42.4 Å². The zero-order chi connectivity index (χ0) is 22.3. The van der Waals surface area contributed by atoms with Gasteiger partial charge in [-0.05, 0) is 29.8 Å². The fraction of sp³-hybridized carbons (Fsp3) is 0.105. The maximum absolute atomic E-state index is 12.8. The maximum Gasteiger partial charge on any atom is 0.264 e. The number of Topliss-reactive ketones (excluding diaryl/α,β-unsaturated/α-hetero) is 1. The third-order valence-corrected chi connectivity index (χ3v) is 6.73. The largest absolute Gasteiger partial charge is 0.289 e. The molecule has 1 amide bonds. The molecule has 30 heavy (non-hydrogen) atoms. The lowest BCUT2D eigenvalue weighted by Crippen LogP contribution is -2.28. The zero-order valence-electron chi connectivity index (χ0n) is 15.6. The highest BCUT2D eigenvalue weighted by molar-refractivity contribution is 7.90. The first kappa shape index (κ1) is 21.6. The Labute approximate surface area is 172 Å². The minimum Gasteiger partial charge on any atom is -0.289 e. The molecule has 0 bridgehead atoms. The Morgan fingerprint density at radius 3 is 2.20 bits per heavy atom. The highest BCUT2D eigenvalue weighted by Crippen LogP contribution is 2.28.